The Bertz CT molecular complexity index is 1110. The molecule has 8 heteroatoms. The van der Waals surface area contributed by atoms with E-state index in [4.69, 9.17) is 0 Å². The summed E-state index contributed by atoms with van der Waals surface area (Å²) in [6.45, 7) is 4.18. The molecule has 3 heterocycles. The molecule has 2 fully saturated rings. The zero-order chi connectivity index (χ0) is 23.7. The number of benzene rings is 2. The predicted octanol–water partition coefficient (Wildman–Crippen LogP) is 2.41. The van der Waals surface area contributed by atoms with E-state index in [0.717, 1.165) is 35.2 Å². The Morgan fingerprint density at radius 1 is 0.941 bits per heavy atom. The fraction of sp³-hybridized carbons (Fsp3) is 0.423. The van der Waals surface area contributed by atoms with Gasteiger partial charge in [0.05, 0.1) is 0 Å². The number of piperidine rings is 1. The molecule has 2 aromatic carbocycles. The molecular weight excluding hydrogens is 430 g/mol. The van der Waals surface area contributed by atoms with E-state index in [0.29, 0.717) is 32.1 Å². The van der Waals surface area contributed by atoms with Gasteiger partial charge in [-0.2, -0.15) is 0 Å². The lowest BCUT2D eigenvalue weighted by molar-refractivity contribution is -0.510. The van der Waals surface area contributed by atoms with Gasteiger partial charge in [-0.15, -0.1) is 0 Å². The first-order chi connectivity index (χ1) is 16.5. The molecule has 3 aliphatic heterocycles. The molecule has 176 valence electrons. The maximum Gasteiger partial charge on any atom is 0.502 e. The standard InChI is InChI=1S/C26H30N5O3/c1-19-7-9-22(10-8-19)29-15-16-30-24(33)25(34)31(27-26(29)30)18-23(32)28-13-11-21(12-14-28)17-20-5-3-2-4-6-20/h2-10,21,26H,11-18H2,1H3/q+1. The van der Waals surface area contributed by atoms with Crippen molar-refractivity contribution < 1.29 is 19.1 Å². The van der Waals surface area contributed by atoms with Gasteiger partial charge in [0.25, 0.3) is 18.7 Å². The summed E-state index contributed by atoms with van der Waals surface area (Å²) in [4.78, 5) is 43.7. The highest BCUT2D eigenvalue weighted by Crippen LogP contribution is 2.27. The van der Waals surface area contributed by atoms with Crippen molar-refractivity contribution in [2.75, 3.05) is 37.6 Å². The van der Waals surface area contributed by atoms with Crippen LogP contribution < -0.4 is 4.90 Å². The van der Waals surface area contributed by atoms with Crippen molar-refractivity contribution in [2.45, 2.75) is 32.5 Å². The van der Waals surface area contributed by atoms with Crippen molar-refractivity contribution in [2.24, 2.45) is 11.0 Å². The summed E-state index contributed by atoms with van der Waals surface area (Å²) in [5.74, 6) is -0.931. The van der Waals surface area contributed by atoms with Gasteiger partial charge in [-0.05, 0) is 54.5 Å². The maximum atomic E-state index is 13.0. The van der Waals surface area contributed by atoms with Gasteiger partial charge in [0, 0.05) is 37.0 Å². The quantitative estimate of drug-likeness (QED) is 0.507. The largest absolute Gasteiger partial charge is 0.502 e. The average Bonchev–Trinajstić information content (AvgIpc) is 3.28. The molecule has 0 spiro atoms. The molecule has 2 aromatic rings. The number of hydrogen-bond donors (Lipinski definition) is 0. The summed E-state index contributed by atoms with van der Waals surface area (Å²) in [6.07, 6.45) is 2.28. The van der Waals surface area contributed by atoms with Crippen LogP contribution in [0, 0.1) is 12.8 Å². The number of nitrogens with zero attached hydrogens (tertiary/aromatic N) is 5. The minimum Gasteiger partial charge on any atom is -0.337 e. The third-order valence-corrected chi connectivity index (χ3v) is 7.05. The Kier molecular flexibility index (Phi) is 6.13. The van der Waals surface area contributed by atoms with Gasteiger partial charge >= 0.3 is 11.8 Å². The number of amides is 3. The molecule has 0 aromatic heterocycles. The van der Waals surface area contributed by atoms with Crippen LogP contribution >= 0.6 is 0 Å². The zero-order valence-corrected chi connectivity index (χ0v) is 19.5. The zero-order valence-electron chi connectivity index (χ0n) is 19.5. The lowest BCUT2D eigenvalue weighted by Crippen LogP contribution is -2.53. The SMILES string of the molecule is Cc1ccc(N2CCN3C(=O)C(=O)[N+](CC(=O)N4CCC(Cc5ccccc5)CC4)=NC32)cc1. The Morgan fingerprint density at radius 3 is 2.32 bits per heavy atom. The van der Waals surface area contributed by atoms with E-state index in [1.807, 2.05) is 42.2 Å². The monoisotopic (exact) mass is 460 g/mol. The van der Waals surface area contributed by atoms with Crippen LogP contribution in [-0.2, 0) is 20.8 Å². The summed E-state index contributed by atoms with van der Waals surface area (Å²) in [6, 6.07) is 18.4. The molecule has 5 rings (SSSR count). The molecule has 0 radical (unpaired) electrons. The highest BCUT2D eigenvalue weighted by Gasteiger charge is 2.50. The fourth-order valence-corrected chi connectivity index (χ4v) is 5.03. The first-order valence-electron chi connectivity index (χ1n) is 12.0. The Hall–Kier alpha value is -3.55. The number of hydrogen-bond acceptors (Lipinski definition) is 5. The molecule has 0 bridgehead atoms. The molecule has 2 saturated heterocycles. The number of rotatable bonds is 5. The van der Waals surface area contributed by atoms with Crippen LogP contribution in [0.3, 0.4) is 0 Å². The van der Waals surface area contributed by atoms with Crippen molar-refractivity contribution in [3.8, 4) is 0 Å². The Labute approximate surface area is 199 Å². The molecule has 34 heavy (non-hydrogen) atoms. The smallest absolute Gasteiger partial charge is 0.337 e. The van der Waals surface area contributed by atoms with E-state index in [2.05, 4.69) is 29.4 Å². The van der Waals surface area contributed by atoms with Crippen molar-refractivity contribution in [3.63, 3.8) is 0 Å². The van der Waals surface area contributed by atoms with Crippen LogP contribution in [0.15, 0.2) is 59.7 Å². The number of carbonyl (C=O) groups is 3. The molecule has 0 N–H and O–H groups in total. The molecule has 1 unspecified atom stereocenters. The van der Waals surface area contributed by atoms with Crippen molar-refractivity contribution >= 4 is 23.4 Å². The van der Waals surface area contributed by atoms with Gasteiger partial charge in [0.15, 0.2) is 0 Å². The van der Waals surface area contributed by atoms with E-state index in [1.54, 1.807) is 4.90 Å². The number of likely N-dealkylation sites (tertiary alicyclic amines) is 1. The molecule has 3 amide bonds. The summed E-state index contributed by atoms with van der Waals surface area (Å²) in [5, 5.41) is 4.53. The van der Waals surface area contributed by atoms with Crippen molar-refractivity contribution in [3.05, 3.63) is 65.7 Å². The van der Waals surface area contributed by atoms with Crippen LogP contribution in [0.2, 0.25) is 0 Å². The number of fused-ring (bicyclic) bond motifs is 1. The topological polar surface area (TPSA) is 76.3 Å². The van der Waals surface area contributed by atoms with E-state index in [9.17, 15) is 14.4 Å². The second-order valence-electron chi connectivity index (χ2n) is 9.37. The van der Waals surface area contributed by atoms with Gasteiger partial charge < -0.3 is 9.80 Å². The van der Waals surface area contributed by atoms with E-state index < -0.39 is 18.1 Å². The van der Waals surface area contributed by atoms with Crippen LogP contribution in [0.5, 0.6) is 0 Å². The third-order valence-electron chi connectivity index (χ3n) is 7.05. The lowest BCUT2D eigenvalue weighted by Gasteiger charge is -2.31. The first kappa shape index (κ1) is 22.3. The Balaban J connectivity index is 1.24. The first-order valence-corrected chi connectivity index (χ1v) is 12.0. The van der Waals surface area contributed by atoms with Crippen LogP contribution in [0.25, 0.3) is 0 Å². The van der Waals surface area contributed by atoms with Crippen molar-refractivity contribution in [1.29, 1.82) is 0 Å². The number of carbonyl (C=O) groups excluding carboxylic acids is 3. The molecule has 0 aliphatic carbocycles. The highest BCUT2D eigenvalue weighted by molar-refractivity contribution is 6.31. The van der Waals surface area contributed by atoms with Gasteiger partial charge in [-0.25, -0.2) is 4.79 Å². The minimum atomic E-state index is -0.727. The second kappa shape index (κ2) is 9.37. The predicted molar refractivity (Wildman–Crippen MR) is 126 cm³/mol. The minimum absolute atomic E-state index is 0.156. The van der Waals surface area contributed by atoms with Gasteiger partial charge in [0.2, 0.25) is 0 Å². The molecule has 3 aliphatic rings. The number of anilines is 1. The van der Waals surface area contributed by atoms with E-state index in [1.165, 1.54) is 10.5 Å². The average molecular weight is 461 g/mol. The molecule has 0 saturated carbocycles. The molecule has 8 nitrogen and oxygen atoms in total. The second-order valence-corrected chi connectivity index (χ2v) is 9.37. The third kappa shape index (κ3) is 4.44. The fourth-order valence-electron chi connectivity index (χ4n) is 5.03. The van der Waals surface area contributed by atoms with E-state index >= 15 is 0 Å². The number of azo groups is 2. The lowest BCUT2D eigenvalue weighted by atomic mass is 9.90. The van der Waals surface area contributed by atoms with Gasteiger partial charge in [-0.3, -0.25) is 14.5 Å². The summed E-state index contributed by atoms with van der Waals surface area (Å²) >= 11 is 0. The number of aryl methyl sites for hydroxylation is 1. The normalized spacial score (nSPS) is 21.0. The Morgan fingerprint density at radius 2 is 1.62 bits per heavy atom. The van der Waals surface area contributed by atoms with Crippen molar-refractivity contribution in [1.82, 2.24) is 9.80 Å². The van der Waals surface area contributed by atoms with Crippen LogP contribution in [0.4, 0.5) is 5.69 Å². The van der Waals surface area contributed by atoms with Crippen LogP contribution in [0.1, 0.15) is 24.0 Å². The van der Waals surface area contributed by atoms with Gasteiger partial charge in [-0.1, -0.05) is 48.0 Å². The van der Waals surface area contributed by atoms with Crippen LogP contribution in [-0.4, -0.2) is 71.2 Å². The summed E-state index contributed by atoms with van der Waals surface area (Å²) in [5.41, 5.74) is 3.41. The molecular formula is C26H30N5O3+. The summed E-state index contributed by atoms with van der Waals surface area (Å²) < 4.78 is 1.08. The molecule has 1 atom stereocenters. The highest BCUT2D eigenvalue weighted by atomic mass is 16.2. The maximum absolute atomic E-state index is 13.0. The van der Waals surface area contributed by atoms with E-state index in [-0.39, 0.29) is 12.5 Å². The van der Waals surface area contributed by atoms with Gasteiger partial charge in [0.1, 0.15) is 0 Å². The summed E-state index contributed by atoms with van der Waals surface area (Å²) in [7, 11) is 0.